The maximum atomic E-state index is 11.4. The van der Waals surface area contributed by atoms with Crippen LogP contribution >= 0.6 is 0 Å². The van der Waals surface area contributed by atoms with Crippen molar-refractivity contribution in [1.29, 1.82) is 0 Å². The van der Waals surface area contributed by atoms with Crippen LogP contribution in [0.2, 0.25) is 0 Å². The van der Waals surface area contributed by atoms with Crippen molar-refractivity contribution in [1.82, 2.24) is 9.97 Å². The van der Waals surface area contributed by atoms with Gasteiger partial charge in [-0.3, -0.25) is 0 Å². The summed E-state index contributed by atoms with van der Waals surface area (Å²) in [4.78, 5) is 19.2. The number of carbonyl (C=O) groups is 1. The lowest BCUT2D eigenvalue weighted by Gasteiger charge is -2.01. The molecule has 1 N–H and O–H groups in total. The molecule has 0 bridgehead atoms. The highest BCUT2D eigenvalue weighted by Crippen LogP contribution is 2.28. The highest BCUT2D eigenvalue weighted by Gasteiger charge is 2.08. The van der Waals surface area contributed by atoms with Crippen molar-refractivity contribution in [3.05, 3.63) is 47.2 Å². The van der Waals surface area contributed by atoms with Crippen LogP contribution in [-0.4, -0.2) is 22.5 Å². The molecule has 4 heteroatoms. The van der Waals surface area contributed by atoms with E-state index in [2.05, 4.69) is 22.1 Å². The van der Waals surface area contributed by atoms with Crippen LogP contribution in [0.3, 0.4) is 0 Å². The van der Waals surface area contributed by atoms with Gasteiger partial charge in [-0.25, -0.2) is 9.78 Å². The molecule has 0 aliphatic rings. The Hall–Kier alpha value is -2.62. The highest BCUT2D eigenvalue weighted by molar-refractivity contribution is 6.08. The van der Waals surface area contributed by atoms with Gasteiger partial charge in [-0.1, -0.05) is 0 Å². The van der Waals surface area contributed by atoms with Crippen LogP contribution in [0.4, 0.5) is 0 Å². The average Bonchev–Trinajstić information content (AvgIpc) is 2.84. The van der Waals surface area contributed by atoms with Gasteiger partial charge in [-0.15, -0.1) is 0 Å². The van der Waals surface area contributed by atoms with Crippen LogP contribution in [0, 0.1) is 13.8 Å². The zero-order valence-electron chi connectivity index (χ0n) is 12.9. The Bertz CT molecular complexity index is 891. The fraction of sp³-hybridized carbons (Fsp3) is 0.222. The van der Waals surface area contributed by atoms with Crippen molar-refractivity contribution < 1.29 is 9.53 Å². The molecule has 3 aromatic rings. The molecule has 1 aromatic carbocycles. The lowest BCUT2D eigenvalue weighted by atomic mass is 10.0. The summed E-state index contributed by atoms with van der Waals surface area (Å²) in [6, 6.07) is 6.23. The summed E-state index contributed by atoms with van der Waals surface area (Å²) in [5.41, 5.74) is 5.19. The number of hydrogen-bond donors (Lipinski definition) is 1. The molecule has 0 atom stereocenters. The molecule has 0 amide bonds. The molecule has 2 heterocycles. The van der Waals surface area contributed by atoms with Gasteiger partial charge in [0, 0.05) is 23.0 Å². The predicted molar refractivity (Wildman–Crippen MR) is 88.7 cm³/mol. The number of benzene rings is 1. The van der Waals surface area contributed by atoms with Crippen LogP contribution in [0.15, 0.2) is 30.5 Å². The standard InChI is InChI=1S/C18H18N2O2/c1-4-22-16(21)6-5-13-8-12(3)17-14(9-13)15-7-11(2)10-19-18(15)20-17/h5-10H,4H2,1-3H3,(H,19,20)/b6-5-. The van der Waals surface area contributed by atoms with Gasteiger partial charge in [0.05, 0.1) is 12.1 Å². The van der Waals surface area contributed by atoms with Crippen LogP contribution in [0.5, 0.6) is 0 Å². The first-order valence-electron chi connectivity index (χ1n) is 7.32. The van der Waals surface area contributed by atoms with Gasteiger partial charge in [-0.2, -0.15) is 0 Å². The number of aryl methyl sites for hydroxylation is 2. The largest absolute Gasteiger partial charge is 0.463 e. The third kappa shape index (κ3) is 2.60. The normalized spacial score (nSPS) is 11.6. The van der Waals surface area contributed by atoms with Crippen molar-refractivity contribution in [3.63, 3.8) is 0 Å². The number of aromatic amines is 1. The first-order chi connectivity index (χ1) is 10.6. The second-order valence-corrected chi connectivity index (χ2v) is 5.38. The number of ether oxygens (including phenoxy) is 1. The Labute approximate surface area is 128 Å². The van der Waals surface area contributed by atoms with E-state index in [0.717, 1.165) is 38.6 Å². The summed E-state index contributed by atoms with van der Waals surface area (Å²) in [7, 11) is 0. The topological polar surface area (TPSA) is 55.0 Å². The number of nitrogens with zero attached hydrogens (tertiary/aromatic N) is 1. The number of nitrogens with one attached hydrogen (secondary N) is 1. The summed E-state index contributed by atoms with van der Waals surface area (Å²) in [6.45, 7) is 6.26. The predicted octanol–water partition coefficient (Wildman–Crippen LogP) is 3.91. The van der Waals surface area contributed by atoms with Gasteiger partial charge in [-0.05, 0) is 61.7 Å². The lowest BCUT2D eigenvalue weighted by molar-refractivity contribution is -0.137. The molecule has 112 valence electrons. The average molecular weight is 294 g/mol. The van der Waals surface area contributed by atoms with E-state index >= 15 is 0 Å². The van der Waals surface area contributed by atoms with Crippen molar-refractivity contribution in [2.75, 3.05) is 6.61 Å². The second kappa shape index (κ2) is 5.64. The van der Waals surface area contributed by atoms with E-state index in [0.29, 0.717) is 6.61 Å². The van der Waals surface area contributed by atoms with Crippen LogP contribution in [-0.2, 0) is 9.53 Å². The molecule has 0 saturated carbocycles. The number of esters is 1. The van der Waals surface area contributed by atoms with Gasteiger partial charge in [0.1, 0.15) is 5.65 Å². The molecule has 4 nitrogen and oxygen atoms in total. The first kappa shape index (κ1) is 14.3. The third-order valence-electron chi connectivity index (χ3n) is 3.61. The molecule has 0 radical (unpaired) electrons. The molecule has 0 saturated heterocycles. The number of pyridine rings is 1. The Balaban J connectivity index is 2.12. The summed E-state index contributed by atoms with van der Waals surface area (Å²) in [5, 5.41) is 2.22. The molecule has 0 spiro atoms. The van der Waals surface area contributed by atoms with E-state index in [1.54, 1.807) is 13.0 Å². The SMILES string of the molecule is CCOC(=O)/C=C\c1cc(C)c2[nH]c3ncc(C)cc3c2c1. The Morgan fingerprint density at radius 1 is 1.27 bits per heavy atom. The number of carbonyl (C=O) groups excluding carboxylic acids is 1. The number of aromatic nitrogens is 2. The van der Waals surface area contributed by atoms with Gasteiger partial charge < -0.3 is 9.72 Å². The summed E-state index contributed by atoms with van der Waals surface area (Å²) in [5.74, 6) is -0.323. The third-order valence-corrected chi connectivity index (χ3v) is 3.61. The highest BCUT2D eigenvalue weighted by atomic mass is 16.5. The maximum Gasteiger partial charge on any atom is 0.330 e. The van der Waals surface area contributed by atoms with Gasteiger partial charge in [0.2, 0.25) is 0 Å². The fourth-order valence-electron chi connectivity index (χ4n) is 2.64. The number of H-pyrrole nitrogens is 1. The minimum atomic E-state index is -0.323. The number of rotatable bonds is 3. The van der Waals surface area contributed by atoms with E-state index in [4.69, 9.17) is 4.74 Å². The smallest absolute Gasteiger partial charge is 0.330 e. The Kier molecular flexibility index (Phi) is 3.67. The van der Waals surface area contributed by atoms with Crippen molar-refractivity contribution >= 4 is 34.0 Å². The zero-order chi connectivity index (χ0) is 15.7. The Morgan fingerprint density at radius 3 is 2.86 bits per heavy atom. The summed E-state index contributed by atoms with van der Waals surface area (Å²) < 4.78 is 4.91. The quantitative estimate of drug-likeness (QED) is 0.588. The summed E-state index contributed by atoms with van der Waals surface area (Å²) in [6.07, 6.45) is 5.10. The minimum Gasteiger partial charge on any atom is -0.463 e. The molecule has 2 aromatic heterocycles. The molecular formula is C18H18N2O2. The van der Waals surface area contributed by atoms with Crippen molar-refractivity contribution in [2.45, 2.75) is 20.8 Å². The molecule has 0 fully saturated rings. The number of hydrogen-bond acceptors (Lipinski definition) is 3. The molecule has 0 unspecified atom stereocenters. The fourth-order valence-corrected chi connectivity index (χ4v) is 2.64. The van der Waals surface area contributed by atoms with E-state index in [-0.39, 0.29) is 5.97 Å². The lowest BCUT2D eigenvalue weighted by Crippen LogP contribution is -1.98. The maximum absolute atomic E-state index is 11.4. The minimum absolute atomic E-state index is 0.323. The molecular weight excluding hydrogens is 276 g/mol. The van der Waals surface area contributed by atoms with Crippen molar-refractivity contribution in [3.8, 4) is 0 Å². The van der Waals surface area contributed by atoms with Crippen molar-refractivity contribution in [2.24, 2.45) is 0 Å². The molecule has 22 heavy (non-hydrogen) atoms. The molecule has 3 rings (SSSR count). The van der Waals surface area contributed by atoms with Gasteiger partial charge in [0.15, 0.2) is 0 Å². The van der Waals surface area contributed by atoms with Crippen LogP contribution in [0.25, 0.3) is 28.0 Å². The van der Waals surface area contributed by atoms with E-state index in [1.807, 2.05) is 26.1 Å². The van der Waals surface area contributed by atoms with Crippen LogP contribution < -0.4 is 0 Å². The Morgan fingerprint density at radius 2 is 2.09 bits per heavy atom. The number of fused-ring (bicyclic) bond motifs is 3. The monoisotopic (exact) mass is 294 g/mol. The first-order valence-corrected chi connectivity index (χ1v) is 7.32. The molecule has 0 aliphatic carbocycles. The summed E-state index contributed by atoms with van der Waals surface area (Å²) >= 11 is 0. The van der Waals surface area contributed by atoms with E-state index < -0.39 is 0 Å². The van der Waals surface area contributed by atoms with Gasteiger partial charge >= 0.3 is 5.97 Å². The van der Waals surface area contributed by atoms with Crippen LogP contribution in [0.1, 0.15) is 23.6 Å². The molecule has 0 aliphatic heterocycles. The van der Waals surface area contributed by atoms with Gasteiger partial charge in [0.25, 0.3) is 0 Å². The van der Waals surface area contributed by atoms with E-state index in [1.165, 1.54) is 6.08 Å². The van der Waals surface area contributed by atoms with E-state index in [9.17, 15) is 4.79 Å². The second-order valence-electron chi connectivity index (χ2n) is 5.38. The zero-order valence-corrected chi connectivity index (χ0v) is 12.9.